The first-order valence-electron chi connectivity index (χ1n) is 3.83. The molecule has 0 atom stereocenters. The van der Waals surface area contributed by atoms with Crippen molar-refractivity contribution in [3.63, 3.8) is 0 Å². The lowest BCUT2D eigenvalue weighted by atomic mass is 10.1. The topological polar surface area (TPSA) is 70.2 Å². The molecule has 1 rings (SSSR count). The number of carbonyl (C=O) groups is 1. The van der Waals surface area contributed by atoms with Gasteiger partial charge in [0.15, 0.2) is 0 Å². The van der Waals surface area contributed by atoms with E-state index in [1.165, 1.54) is 0 Å². The van der Waals surface area contributed by atoms with Crippen LogP contribution in [0.3, 0.4) is 0 Å². The molecular weight excluding hydrogens is 323 g/mol. The molecule has 1 aromatic rings. The van der Waals surface area contributed by atoms with E-state index in [2.05, 4.69) is 4.98 Å². The summed E-state index contributed by atoms with van der Waals surface area (Å²) in [6, 6.07) is 0. The van der Waals surface area contributed by atoms with Crippen LogP contribution < -0.4 is 5.56 Å². The maximum atomic E-state index is 12.4. The molecular formula is C8H6F2INO3. The van der Waals surface area contributed by atoms with E-state index in [0.29, 0.717) is 0 Å². The molecule has 0 fully saturated rings. The number of aliphatic carboxylic acids is 1. The highest BCUT2D eigenvalue weighted by molar-refractivity contribution is 14.1. The number of rotatable bonds is 3. The Labute approximate surface area is 96.5 Å². The third-order valence-electron chi connectivity index (χ3n) is 1.70. The maximum Gasteiger partial charge on any atom is 0.307 e. The highest BCUT2D eigenvalue weighted by Crippen LogP contribution is 2.23. The first-order valence-corrected chi connectivity index (χ1v) is 4.91. The minimum atomic E-state index is -2.91. The SMILES string of the molecule is O=C(O)Cc1c[nH]c(=O)c(C(F)F)c1I. The molecule has 0 saturated heterocycles. The van der Waals surface area contributed by atoms with Gasteiger partial charge >= 0.3 is 5.97 Å². The monoisotopic (exact) mass is 329 g/mol. The van der Waals surface area contributed by atoms with Crippen LogP contribution in [0.1, 0.15) is 17.6 Å². The summed E-state index contributed by atoms with van der Waals surface area (Å²) in [5.41, 5.74) is -1.38. The van der Waals surface area contributed by atoms with E-state index < -0.39 is 29.9 Å². The first kappa shape index (κ1) is 12.1. The van der Waals surface area contributed by atoms with E-state index in [1.54, 1.807) is 22.6 Å². The second kappa shape index (κ2) is 4.69. The Hall–Kier alpha value is -0.990. The summed E-state index contributed by atoms with van der Waals surface area (Å²) in [6.45, 7) is 0. The fraction of sp³-hybridized carbons (Fsp3) is 0.250. The lowest BCUT2D eigenvalue weighted by Crippen LogP contribution is -2.17. The summed E-state index contributed by atoms with van der Waals surface area (Å²) in [5, 5.41) is 8.51. The Morgan fingerprint density at radius 1 is 1.60 bits per heavy atom. The fourth-order valence-corrected chi connectivity index (χ4v) is 1.88. The van der Waals surface area contributed by atoms with Crippen molar-refractivity contribution in [1.29, 1.82) is 0 Å². The zero-order chi connectivity index (χ0) is 11.6. The fourth-order valence-electron chi connectivity index (χ4n) is 1.05. The lowest BCUT2D eigenvalue weighted by molar-refractivity contribution is -0.136. The van der Waals surface area contributed by atoms with Gasteiger partial charge in [0.1, 0.15) is 0 Å². The average molecular weight is 329 g/mol. The van der Waals surface area contributed by atoms with Gasteiger partial charge in [0.05, 0.1) is 12.0 Å². The van der Waals surface area contributed by atoms with Crippen molar-refractivity contribution in [1.82, 2.24) is 4.98 Å². The molecule has 0 aromatic carbocycles. The summed E-state index contributed by atoms with van der Waals surface area (Å²) >= 11 is 1.55. The van der Waals surface area contributed by atoms with Crippen molar-refractivity contribution in [3.8, 4) is 0 Å². The van der Waals surface area contributed by atoms with Gasteiger partial charge in [0, 0.05) is 9.77 Å². The van der Waals surface area contributed by atoms with Crippen LogP contribution in [-0.4, -0.2) is 16.1 Å². The van der Waals surface area contributed by atoms with E-state index in [9.17, 15) is 18.4 Å². The zero-order valence-electron chi connectivity index (χ0n) is 7.26. The van der Waals surface area contributed by atoms with Gasteiger partial charge < -0.3 is 10.1 Å². The molecule has 0 unspecified atom stereocenters. The third-order valence-corrected chi connectivity index (χ3v) is 2.97. The largest absolute Gasteiger partial charge is 0.481 e. The van der Waals surface area contributed by atoms with Crippen molar-refractivity contribution in [2.24, 2.45) is 0 Å². The Bertz CT molecular complexity index is 444. The molecule has 0 radical (unpaired) electrons. The molecule has 0 spiro atoms. The minimum absolute atomic E-state index is 0.00810. The molecule has 4 nitrogen and oxygen atoms in total. The van der Waals surface area contributed by atoms with Crippen molar-refractivity contribution >= 4 is 28.6 Å². The number of carboxylic acid groups (broad SMARTS) is 1. The molecule has 1 aromatic heterocycles. The summed E-state index contributed by atoms with van der Waals surface area (Å²) in [4.78, 5) is 23.5. The van der Waals surface area contributed by atoms with Gasteiger partial charge in [-0.15, -0.1) is 0 Å². The van der Waals surface area contributed by atoms with Crippen LogP contribution in [0.15, 0.2) is 11.0 Å². The van der Waals surface area contributed by atoms with Gasteiger partial charge in [-0.25, -0.2) is 8.78 Å². The number of alkyl halides is 2. The number of nitrogens with one attached hydrogen (secondary N) is 1. The summed E-state index contributed by atoms with van der Waals surface area (Å²) in [6.07, 6.45) is -2.16. The number of carboxylic acids is 1. The first-order chi connectivity index (χ1) is 6.93. The predicted octanol–water partition coefficient (Wildman–Crippen LogP) is 1.54. The number of pyridine rings is 1. The number of H-pyrrole nitrogens is 1. The van der Waals surface area contributed by atoms with Gasteiger partial charge in [-0.1, -0.05) is 0 Å². The van der Waals surface area contributed by atoms with Gasteiger partial charge in [-0.05, 0) is 28.2 Å². The van der Waals surface area contributed by atoms with Gasteiger partial charge in [-0.3, -0.25) is 9.59 Å². The predicted molar refractivity (Wildman–Crippen MR) is 56.1 cm³/mol. The van der Waals surface area contributed by atoms with E-state index in [-0.39, 0.29) is 9.13 Å². The molecule has 0 aliphatic carbocycles. The Balaban J connectivity index is 3.28. The number of hydrogen-bond acceptors (Lipinski definition) is 2. The van der Waals surface area contributed by atoms with Crippen LogP contribution >= 0.6 is 22.6 Å². The van der Waals surface area contributed by atoms with Crippen LogP contribution in [0.4, 0.5) is 8.78 Å². The van der Waals surface area contributed by atoms with Crippen LogP contribution in [-0.2, 0) is 11.2 Å². The van der Waals surface area contributed by atoms with Crippen molar-refractivity contribution < 1.29 is 18.7 Å². The second-order valence-corrected chi connectivity index (χ2v) is 3.82. The smallest absolute Gasteiger partial charge is 0.307 e. The maximum absolute atomic E-state index is 12.4. The van der Waals surface area contributed by atoms with Crippen LogP contribution in [0, 0.1) is 3.57 Å². The Morgan fingerprint density at radius 3 is 2.67 bits per heavy atom. The number of aromatic amines is 1. The molecule has 7 heteroatoms. The minimum Gasteiger partial charge on any atom is -0.481 e. The van der Waals surface area contributed by atoms with E-state index >= 15 is 0 Å². The molecule has 0 aliphatic rings. The highest BCUT2D eigenvalue weighted by atomic mass is 127. The normalized spacial score (nSPS) is 10.7. The molecule has 0 bridgehead atoms. The van der Waals surface area contributed by atoms with E-state index in [4.69, 9.17) is 5.11 Å². The van der Waals surface area contributed by atoms with Gasteiger partial charge in [0.25, 0.3) is 12.0 Å². The number of hydrogen-bond donors (Lipinski definition) is 2. The van der Waals surface area contributed by atoms with Crippen molar-refractivity contribution in [2.75, 3.05) is 0 Å². The van der Waals surface area contributed by atoms with Gasteiger partial charge in [-0.2, -0.15) is 0 Å². The molecule has 0 amide bonds. The van der Waals surface area contributed by atoms with Crippen molar-refractivity contribution in [3.05, 3.63) is 31.2 Å². The summed E-state index contributed by atoms with van der Waals surface area (Å²) < 4.78 is 24.9. The zero-order valence-corrected chi connectivity index (χ0v) is 9.42. The lowest BCUT2D eigenvalue weighted by Gasteiger charge is -2.06. The van der Waals surface area contributed by atoms with Gasteiger partial charge in [0.2, 0.25) is 0 Å². The highest BCUT2D eigenvalue weighted by Gasteiger charge is 2.19. The Kier molecular flexibility index (Phi) is 3.77. The number of aromatic nitrogens is 1. The molecule has 0 aliphatic heterocycles. The molecule has 1 heterocycles. The van der Waals surface area contributed by atoms with E-state index in [0.717, 1.165) is 6.20 Å². The third kappa shape index (κ3) is 2.74. The second-order valence-electron chi connectivity index (χ2n) is 2.74. The molecule has 15 heavy (non-hydrogen) atoms. The standard InChI is InChI=1S/C8H6F2INO3/c9-7(10)5-6(11)3(1-4(13)14)2-12-8(5)15/h2,7H,1H2,(H,12,15)(H,13,14). The molecule has 82 valence electrons. The van der Waals surface area contributed by atoms with Crippen LogP contribution in [0.25, 0.3) is 0 Å². The Morgan fingerprint density at radius 2 is 2.20 bits per heavy atom. The van der Waals surface area contributed by atoms with E-state index in [1.807, 2.05) is 0 Å². The van der Waals surface area contributed by atoms with Crippen LogP contribution in [0.2, 0.25) is 0 Å². The number of halogens is 3. The molecule has 2 N–H and O–H groups in total. The summed E-state index contributed by atoms with van der Waals surface area (Å²) in [7, 11) is 0. The average Bonchev–Trinajstić information content (AvgIpc) is 2.09. The van der Waals surface area contributed by atoms with Crippen molar-refractivity contribution in [2.45, 2.75) is 12.8 Å². The summed E-state index contributed by atoms with van der Waals surface area (Å²) in [5.74, 6) is -1.14. The quantitative estimate of drug-likeness (QED) is 0.827. The van der Waals surface area contributed by atoms with Crippen LogP contribution in [0.5, 0.6) is 0 Å². The molecule has 0 saturated carbocycles.